The van der Waals surface area contributed by atoms with Crippen LogP contribution in [0.15, 0.2) is 64.9 Å². The van der Waals surface area contributed by atoms with Crippen LogP contribution in [-0.4, -0.2) is 52.0 Å². The normalized spacial score (nSPS) is 15.9. The Morgan fingerprint density at radius 2 is 2.00 bits per heavy atom. The molecule has 0 aliphatic carbocycles. The Balaban J connectivity index is 1.68. The fourth-order valence-electron chi connectivity index (χ4n) is 4.06. The van der Waals surface area contributed by atoms with Gasteiger partial charge in [0.1, 0.15) is 0 Å². The van der Waals surface area contributed by atoms with Gasteiger partial charge in [-0.3, -0.25) is 4.79 Å². The second-order valence-electron chi connectivity index (χ2n) is 8.56. The number of carbonyl (C=O) groups excluding carboxylic acids is 1. The van der Waals surface area contributed by atoms with E-state index < -0.39 is 10.0 Å². The van der Waals surface area contributed by atoms with Crippen LogP contribution in [0.1, 0.15) is 28.1 Å². The molecule has 1 N–H and O–H groups in total. The molecule has 0 saturated carbocycles. The van der Waals surface area contributed by atoms with Gasteiger partial charge in [-0.2, -0.15) is 4.31 Å². The first kappa shape index (κ1) is 25.7. The van der Waals surface area contributed by atoms with Crippen molar-refractivity contribution in [3.8, 4) is 0 Å². The van der Waals surface area contributed by atoms with Gasteiger partial charge >= 0.3 is 0 Å². The summed E-state index contributed by atoms with van der Waals surface area (Å²) >= 11 is 7.47. The van der Waals surface area contributed by atoms with E-state index in [0.717, 1.165) is 24.1 Å². The molecule has 0 radical (unpaired) electrons. The average molecular weight is 534 g/mol. The van der Waals surface area contributed by atoms with Gasteiger partial charge in [0.25, 0.3) is 5.91 Å². The quantitative estimate of drug-likeness (QED) is 0.414. The summed E-state index contributed by atoms with van der Waals surface area (Å²) in [6, 6.07) is 15.4. The summed E-state index contributed by atoms with van der Waals surface area (Å²) in [6.07, 6.45) is 1.54. The minimum Gasteiger partial charge on any atom is -0.377 e. The van der Waals surface area contributed by atoms with E-state index in [4.69, 9.17) is 16.3 Å². The zero-order valence-corrected chi connectivity index (χ0v) is 22.0. The van der Waals surface area contributed by atoms with Crippen molar-refractivity contribution in [3.63, 3.8) is 0 Å². The number of hydrogen-bond donors (Lipinski definition) is 1. The summed E-state index contributed by atoms with van der Waals surface area (Å²) < 4.78 is 34.6. The summed E-state index contributed by atoms with van der Waals surface area (Å²) in [5, 5.41) is 5.12. The topological polar surface area (TPSA) is 79.0 Å². The molecule has 1 fully saturated rings. The van der Waals surface area contributed by atoms with Crippen LogP contribution >= 0.6 is 22.9 Å². The number of benzene rings is 2. The highest BCUT2D eigenvalue weighted by Gasteiger charge is 2.30. The maximum absolute atomic E-state index is 13.7. The minimum absolute atomic E-state index is 0.116. The monoisotopic (exact) mass is 533 g/mol. The van der Waals surface area contributed by atoms with Crippen LogP contribution in [0.2, 0.25) is 5.02 Å². The highest BCUT2D eigenvalue weighted by atomic mass is 35.5. The Kier molecular flexibility index (Phi) is 8.13. The van der Waals surface area contributed by atoms with Gasteiger partial charge in [-0.05, 0) is 66.2 Å². The first-order chi connectivity index (χ1) is 16.7. The number of amides is 1. The minimum atomic E-state index is -3.86. The predicted octanol–water partition coefficient (Wildman–Crippen LogP) is 5.09. The Hall–Kier alpha value is -2.43. The Morgan fingerprint density at radius 3 is 2.66 bits per heavy atom. The molecule has 2 aromatic carbocycles. The number of rotatable bonds is 9. The van der Waals surface area contributed by atoms with Crippen molar-refractivity contribution in [1.82, 2.24) is 4.31 Å². The van der Waals surface area contributed by atoms with E-state index in [1.807, 2.05) is 48.6 Å². The van der Waals surface area contributed by atoms with E-state index in [0.29, 0.717) is 22.2 Å². The number of hydrogen-bond acceptors (Lipinski definition) is 6. The van der Waals surface area contributed by atoms with Crippen molar-refractivity contribution in [2.24, 2.45) is 0 Å². The lowest BCUT2D eigenvalue weighted by atomic mass is 10.1. The maximum Gasteiger partial charge on any atom is 0.265 e. The van der Waals surface area contributed by atoms with Crippen molar-refractivity contribution in [3.05, 3.63) is 75.4 Å². The molecule has 1 unspecified atom stereocenters. The average Bonchev–Trinajstić information content (AvgIpc) is 3.53. The van der Waals surface area contributed by atoms with Crippen LogP contribution in [0.5, 0.6) is 0 Å². The molecule has 3 aromatic rings. The third-order valence-corrected chi connectivity index (χ3v) is 8.69. The van der Waals surface area contributed by atoms with Gasteiger partial charge < -0.3 is 15.0 Å². The van der Waals surface area contributed by atoms with Crippen LogP contribution in [0.4, 0.5) is 11.4 Å². The molecule has 1 aliphatic heterocycles. The van der Waals surface area contributed by atoms with E-state index in [9.17, 15) is 13.2 Å². The van der Waals surface area contributed by atoms with Gasteiger partial charge in [0, 0.05) is 50.2 Å². The highest BCUT2D eigenvalue weighted by molar-refractivity contribution is 7.89. The van der Waals surface area contributed by atoms with E-state index in [1.54, 1.807) is 24.3 Å². The molecule has 0 spiro atoms. The number of halogens is 1. The van der Waals surface area contributed by atoms with Crippen molar-refractivity contribution in [1.29, 1.82) is 0 Å². The van der Waals surface area contributed by atoms with Gasteiger partial charge in [0.15, 0.2) is 0 Å². The van der Waals surface area contributed by atoms with Gasteiger partial charge in [-0.15, -0.1) is 11.3 Å². The fourth-order valence-corrected chi connectivity index (χ4v) is 6.43. The molecular formula is C25H28ClN3O4S2. The summed E-state index contributed by atoms with van der Waals surface area (Å²) in [5.74, 6) is -0.202. The molecule has 0 bridgehead atoms. The number of nitrogens with one attached hydrogen (secondary N) is 1. The molecule has 1 atom stereocenters. The zero-order valence-electron chi connectivity index (χ0n) is 19.6. The number of thiophene rings is 1. The molecule has 186 valence electrons. The molecule has 1 amide bonds. The molecule has 7 nitrogen and oxygen atoms in total. The molecule has 1 saturated heterocycles. The van der Waals surface area contributed by atoms with Gasteiger partial charge in [0.05, 0.1) is 15.9 Å². The lowest BCUT2D eigenvalue weighted by molar-refractivity contribution is 0.0926. The first-order valence-electron chi connectivity index (χ1n) is 11.3. The second-order valence-corrected chi connectivity index (χ2v) is 11.9. The van der Waals surface area contributed by atoms with Crippen molar-refractivity contribution in [2.45, 2.75) is 30.4 Å². The number of carbonyl (C=O) groups is 1. The van der Waals surface area contributed by atoms with Gasteiger partial charge in [-0.25, -0.2) is 8.42 Å². The maximum atomic E-state index is 13.7. The lowest BCUT2D eigenvalue weighted by Gasteiger charge is -2.27. The zero-order chi connectivity index (χ0) is 25.0. The third-order valence-electron chi connectivity index (χ3n) is 5.78. The number of nitrogens with zero attached hydrogens (tertiary/aromatic N) is 2. The van der Waals surface area contributed by atoms with Crippen LogP contribution in [-0.2, 0) is 21.3 Å². The SMILES string of the molecule is CN(C)c1ccc(NC(=O)c2cccs2)cc1CN(CC1CCCO1)S(=O)(=O)c1cccc(Cl)c1. The van der Waals surface area contributed by atoms with Gasteiger partial charge in [0.2, 0.25) is 10.0 Å². The highest BCUT2D eigenvalue weighted by Crippen LogP contribution is 2.29. The summed E-state index contributed by atoms with van der Waals surface area (Å²) in [6.45, 7) is 0.974. The molecule has 35 heavy (non-hydrogen) atoms. The van der Waals surface area contributed by atoms with E-state index >= 15 is 0 Å². The molecule has 2 heterocycles. The van der Waals surface area contributed by atoms with E-state index in [1.165, 1.54) is 21.7 Å². The predicted molar refractivity (Wildman–Crippen MR) is 141 cm³/mol. The Morgan fingerprint density at radius 1 is 1.17 bits per heavy atom. The van der Waals surface area contributed by atoms with Crippen LogP contribution < -0.4 is 10.2 Å². The van der Waals surface area contributed by atoms with Crippen molar-refractivity contribution >= 4 is 50.2 Å². The first-order valence-corrected chi connectivity index (χ1v) is 14.0. The number of ether oxygens (including phenoxy) is 1. The summed E-state index contributed by atoms with van der Waals surface area (Å²) in [5.41, 5.74) is 2.22. The van der Waals surface area contributed by atoms with E-state index in [2.05, 4.69) is 5.32 Å². The molecule has 4 rings (SSSR count). The molecule has 10 heteroatoms. The third kappa shape index (κ3) is 6.23. The largest absolute Gasteiger partial charge is 0.377 e. The number of anilines is 2. The second kappa shape index (κ2) is 11.1. The van der Waals surface area contributed by atoms with E-state index in [-0.39, 0.29) is 30.0 Å². The molecule has 1 aliphatic rings. The number of sulfonamides is 1. The van der Waals surface area contributed by atoms with Crippen LogP contribution in [0.25, 0.3) is 0 Å². The Bertz CT molecular complexity index is 1270. The fraction of sp³-hybridized carbons (Fsp3) is 0.320. The molecular weight excluding hydrogens is 506 g/mol. The van der Waals surface area contributed by atoms with Gasteiger partial charge in [-0.1, -0.05) is 23.7 Å². The smallest absolute Gasteiger partial charge is 0.265 e. The summed E-state index contributed by atoms with van der Waals surface area (Å²) in [7, 11) is -0.0555. The van der Waals surface area contributed by atoms with Crippen molar-refractivity contribution < 1.29 is 17.9 Å². The lowest BCUT2D eigenvalue weighted by Crippen LogP contribution is -2.37. The van der Waals surface area contributed by atoms with Crippen LogP contribution in [0, 0.1) is 0 Å². The van der Waals surface area contributed by atoms with Crippen molar-refractivity contribution in [2.75, 3.05) is 37.5 Å². The standard InChI is InChI=1S/C25H28ClN3O4S2/c1-28(2)23-11-10-20(27-25(30)24-9-5-13-34-24)14-18(23)16-29(17-21-7-4-12-33-21)35(31,32)22-8-3-6-19(26)15-22/h3,5-6,8-11,13-15,21H,4,7,12,16-17H2,1-2H3,(H,27,30). The Labute approximate surface area is 215 Å². The molecule has 1 aromatic heterocycles. The summed E-state index contributed by atoms with van der Waals surface area (Å²) in [4.78, 5) is 15.3. The van der Waals surface area contributed by atoms with Crippen LogP contribution in [0.3, 0.4) is 0 Å².